The fourth-order valence-corrected chi connectivity index (χ4v) is 1.78. The van der Waals surface area contributed by atoms with Gasteiger partial charge in [0, 0.05) is 24.9 Å². The van der Waals surface area contributed by atoms with Crippen molar-refractivity contribution in [3.8, 4) is 0 Å². The first kappa shape index (κ1) is 9.24. The summed E-state index contributed by atoms with van der Waals surface area (Å²) in [5.74, 6) is 0.311. The van der Waals surface area contributed by atoms with Gasteiger partial charge >= 0.3 is 5.97 Å². The Morgan fingerprint density at radius 2 is 2.57 bits per heavy atom. The van der Waals surface area contributed by atoms with E-state index < -0.39 is 0 Å². The fraction of sp³-hybridized carbons (Fsp3) is 0.600. The molecule has 1 fully saturated rings. The summed E-state index contributed by atoms with van der Waals surface area (Å²) in [7, 11) is 1.90. The third-order valence-corrected chi connectivity index (χ3v) is 2.62. The van der Waals surface area contributed by atoms with Gasteiger partial charge < -0.3 is 4.74 Å². The van der Waals surface area contributed by atoms with Crippen LogP contribution in [0.3, 0.4) is 0 Å². The number of carbonyl (C=O) groups is 1. The van der Waals surface area contributed by atoms with Crippen molar-refractivity contribution in [2.75, 3.05) is 6.61 Å². The smallest absolute Gasteiger partial charge is 0.309 e. The number of hydrogen-bond acceptors (Lipinski definition) is 3. The second kappa shape index (κ2) is 3.44. The quantitative estimate of drug-likeness (QED) is 0.676. The van der Waals surface area contributed by atoms with Gasteiger partial charge in [-0.05, 0) is 19.4 Å². The van der Waals surface area contributed by atoms with Gasteiger partial charge in [0.25, 0.3) is 0 Å². The SMILES string of the molecule is CCOC(=O)[C@@H]1C[C@H]1c1ccnn1C. The first-order valence-electron chi connectivity index (χ1n) is 4.88. The van der Waals surface area contributed by atoms with Gasteiger partial charge in [-0.25, -0.2) is 0 Å². The van der Waals surface area contributed by atoms with Gasteiger partial charge in [0.2, 0.25) is 0 Å². The van der Waals surface area contributed by atoms with Crippen molar-refractivity contribution < 1.29 is 9.53 Å². The molecule has 1 heterocycles. The summed E-state index contributed by atoms with van der Waals surface area (Å²) in [5.41, 5.74) is 1.13. The molecule has 76 valence electrons. The van der Waals surface area contributed by atoms with Crippen LogP contribution in [0.2, 0.25) is 0 Å². The molecule has 1 saturated carbocycles. The molecule has 0 unspecified atom stereocenters. The van der Waals surface area contributed by atoms with Crippen LogP contribution in [-0.4, -0.2) is 22.4 Å². The highest BCUT2D eigenvalue weighted by atomic mass is 16.5. The van der Waals surface area contributed by atoms with E-state index in [0.717, 1.165) is 12.1 Å². The Kier molecular flexibility index (Phi) is 2.27. The van der Waals surface area contributed by atoms with Crippen LogP contribution in [0.5, 0.6) is 0 Å². The Bertz CT molecular complexity index is 346. The molecule has 2 rings (SSSR count). The van der Waals surface area contributed by atoms with Crippen LogP contribution in [0.4, 0.5) is 0 Å². The maximum absolute atomic E-state index is 11.4. The van der Waals surface area contributed by atoms with Crippen LogP contribution in [-0.2, 0) is 16.6 Å². The van der Waals surface area contributed by atoms with Crippen molar-refractivity contribution >= 4 is 5.97 Å². The van der Waals surface area contributed by atoms with Gasteiger partial charge in [0.15, 0.2) is 0 Å². The number of nitrogens with zero attached hydrogens (tertiary/aromatic N) is 2. The number of hydrogen-bond donors (Lipinski definition) is 0. The van der Waals surface area contributed by atoms with Crippen molar-refractivity contribution in [2.45, 2.75) is 19.3 Å². The molecule has 4 nitrogen and oxygen atoms in total. The molecule has 4 heteroatoms. The first-order chi connectivity index (χ1) is 6.74. The third-order valence-electron chi connectivity index (χ3n) is 2.62. The number of aryl methyl sites for hydroxylation is 1. The van der Waals surface area contributed by atoms with Crippen molar-refractivity contribution in [1.82, 2.24) is 9.78 Å². The predicted molar refractivity (Wildman–Crippen MR) is 50.7 cm³/mol. The van der Waals surface area contributed by atoms with Crippen LogP contribution >= 0.6 is 0 Å². The van der Waals surface area contributed by atoms with Gasteiger partial charge in [-0.1, -0.05) is 0 Å². The number of rotatable bonds is 3. The number of ether oxygens (including phenoxy) is 1. The zero-order valence-electron chi connectivity index (χ0n) is 8.43. The Morgan fingerprint density at radius 3 is 3.14 bits per heavy atom. The zero-order chi connectivity index (χ0) is 10.1. The highest BCUT2D eigenvalue weighted by molar-refractivity contribution is 5.77. The van der Waals surface area contributed by atoms with Crippen LogP contribution < -0.4 is 0 Å². The molecular weight excluding hydrogens is 180 g/mol. The van der Waals surface area contributed by atoms with E-state index in [1.54, 1.807) is 6.20 Å². The fourth-order valence-electron chi connectivity index (χ4n) is 1.78. The molecule has 0 radical (unpaired) electrons. The Balaban J connectivity index is 1.99. The summed E-state index contributed by atoms with van der Waals surface area (Å²) >= 11 is 0. The summed E-state index contributed by atoms with van der Waals surface area (Å²) in [6.45, 7) is 2.30. The number of carbonyl (C=O) groups excluding carboxylic acids is 1. The molecule has 1 aromatic rings. The highest BCUT2D eigenvalue weighted by Crippen LogP contribution is 2.47. The van der Waals surface area contributed by atoms with Crippen molar-refractivity contribution in [2.24, 2.45) is 13.0 Å². The Hall–Kier alpha value is -1.32. The summed E-state index contributed by atoms with van der Waals surface area (Å²) in [6, 6.07) is 1.96. The van der Waals surface area contributed by atoms with Gasteiger partial charge in [0.05, 0.1) is 12.5 Å². The van der Waals surface area contributed by atoms with Crippen molar-refractivity contribution in [3.05, 3.63) is 18.0 Å². The van der Waals surface area contributed by atoms with E-state index in [4.69, 9.17) is 4.74 Å². The van der Waals surface area contributed by atoms with Crippen LogP contribution in [0.1, 0.15) is 25.0 Å². The average Bonchev–Trinajstić information content (AvgIpc) is 2.84. The first-order valence-corrected chi connectivity index (χ1v) is 4.88. The summed E-state index contributed by atoms with van der Waals surface area (Å²) in [6.07, 6.45) is 2.66. The highest BCUT2D eigenvalue weighted by Gasteiger charge is 2.46. The van der Waals surface area contributed by atoms with Crippen LogP contribution in [0.15, 0.2) is 12.3 Å². The van der Waals surface area contributed by atoms with E-state index in [2.05, 4.69) is 5.10 Å². The molecule has 0 N–H and O–H groups in total. The number of aromatic nitrogens is 2. The lowest BCUT2D eigenvalue weighted by Crippen LogP contribution is -2.08. The molecule has 1 aliphatic carbocycles. The second-order valence-electron chi connectivity index (χ2n) is 3.58. The van der Waals surface area contributed by atoms with Crippen LogP contribution in [0, 0.1) is 5.92 Å². The minimum absolute atomic E-state index is 0.0605. The standard InChI is InChI=1S/C10H14N2O2/c1-3-14-10(13)8-6-7(8)9-4-5-11-12(9)2/h4-5,7-8H,3,6H2,1-2H3/t7-,8-/m1/s1. The lowest BCUT2D eigenvalue weighted by Gasteiger charge is -2.01. The minimum Gasteiger partial charge on any atom is -0.466 e. The molecule has 0 aliphatic heterocycles. The summed E-state index contributed by atoms with van der Waals surface area (Å²) in [4.78, 5) is 11.4. The maximum atomic E-state index is 11.4. The van der Waals surface area contributed by atoms with E-state index in [1.165, 1.54) is 0 Å². The summed E-state index contributed by atoms with van der Waals surface area (Å²) < 4.78 is 6.79. The predicted octanol–water partition coefficient (Wildman–Crippen LogP) is 1.09. The van der Waals surface area contributed by atoms with E-state index in [1.807, 2.05) is 24.7 Å². The molecule has 0 spiro atoms. The molecule has 0 amide bonds. The van der Waals surface area contributed by atoms with Crippen molar-refractivity contribution in [3.63, 3.8) is 0 Å². The zero-order valence-corrected chi connectivity index (χ0v) is 8.43. The molecule has 0 saturated heterocycles. The van der Waals surface area contributed by atoms with E-state index >= 15 is 0 Å². The Labute approximate surface area is 82.9 Å². The van der Waals surface area contributed by atoms with E-state index in [-0.39, 0.29) is 11.9 Å². The normalized spacial score (nSPS) is 24.7. The maximum Gasteiger partial charge on any atom is 0.309 e. The molecule has 1 aliphatic rings. The Morgan fingerprint density at radius 1 is 1.79 bits per heavy atom. The molecule has 0 aromatic carbocycles. The lowest BCUT2D eigenvalue weighted by molar-refractivity contribution is -0.144. The summed E-state index contributed by atoms with van der Waals surface area (Å²) in [5, 5.41) is 4.08. The van der Waals surface area contributed by atoms with Gasteiger partial charge in [-0.2, -0.15) is 5.10 Å². The van der Waals surface area contributed by atoms with Crippen LogP contribution in [0.25, 0.3) is 0 Å². The molecule has 14 heavy (non-hydrogen) atoms. The monoisotopic (exact) mass is 194 g/mol. The van der Waals surface area contributed by atoms with Gasteiger partial charge in [-0.3, -0.25) is 9.48 Å². The molecular formula is C10H14N2O2. The van der Waals surface area contributed by atoms with Crippen molar-refractivity contribution in [1.29, 1.82) is 0 Å². The van der Waals surface area contributed by atoms with E-state index in [9.17, 15) is 4.79 Å². The topological polar surface area (TPSA) is 44.1 Å². The van der Waals surface area contributed by atoms with E-state index in [0.29, 0.717) is 12.5 Å². The van der Waals surface area contributed by atoms with Gasteiger partial charge in [-0.15, -0.1) is 0 Å². The molecule has 2 atom stereocenters. The molecule has 1 aromatic heterocycles. The number of esters is 1. The second-order valence-corrected chi connectivity index (χ2v) is 3.58. The average molecular weight is 194 g/mol. The molecule has 0 bridgehead atoms. The lowest BCUT2D eigenvalue weighted by atomic mass is 10.2. The van der Waals surface area contributed by atoms with Gasteiger partial charge in [0.1, 0.15) is 0 Å². The minimum atomic E-state index is -0.0706. The largest absolute Gasteiger partial charge is 0.466 e. The third kappa shape index (κ3) is 1.52.